The van der Waals surface area contributed by atoms with Crippen LogP contribution in [0.4, 0.5) is 0 Å². The van der Waals surface area contributed by atoms with E-state index in [-0.39, 0.29) is 40.2 Å². The normalized spacial score (nSPS) is 5.59. The van der Waals surface area contributed by atoms with Crippen molar-refractivity contribution in [2.24, 2.45) is 0 Å². The molecule has 0 aromatic carbocycles. The van der Waals surface area contributed by atoms with Gasteiger partial charge < -0.3 is 51.4 Å². The van der Waals surface area contributed by atoms with Gasteiger partial charge in [-0.15, -0.1) is 6.42 Å². The Morgan fingerprint density at radius 1 is 0.149 bits per heavy atom. The van der Waals surface area contributed by atoms with Crippen LogP contribution in [0.15, 0.2) is 0 Å². The van der Waals surface area contributed by atoms with Crippen LogP contribution in [-0.4, -0.2) is 0 Å². The number of hydrogen-bond acceptors (Lipinski definition) is 0. The van der Waals surface area contributed by atoms with Crippen LogP contribution < -0.4 is 0 Å². The second-order valence-corrected chi connectivity index (χ2v) is 7.99. The molecule has 0 spiro atoms. The van der Waals surface area contributed by atoms with Crippen molar-refractivity contribution in [2.45, 2.75) is 436 Å². The van der Waals surface area contributed by atoms with Gasteiger partial charge in [0.1, 0.15) is 0 Å². The average Bonchev–Trinajstić information content (AvgIpc) is 3.54. The molecule has 0 aliphatic rings. The minimum absolute atomic E-state index is 0. The van der Waals surface area contributed by atoms with E-state index in [0.29, 0.717) is 0 Å². The summed E-state index contributed by atoms with van der Waals surface area (Å²) >= 11 is 0. The van der Waals surface area contributed by atoms with Crippen LogP contribution in [-0.2, 0) is 40.2 Å². The van der Waals surface area contributed by atoms with Gasteiger partial charge in [-0.3, -0.25) is 0 Å². The second-order valence-electron chi connectivity index (χ2n) is 7.99. The smallest absolute Gasteiger partial charge is 0 e. The Morgan fingerprint density at radius 2 is 0.243 bits per heavy atom. The SMILES string of the molecule is CC.CC.CC.CC.CC.CC.CC.CC.CC.CC.CC.CC.CC.CC.CC.CC.CC.CC.CC.CC.CCCCCCC.C[CH-]CCC[CH-]C.C[CH-]CC[CH-]C.C[CH-]CC[CH-]C.C[CH-]CC[CH-]C.[Ir].[Ir]. The maximum atomic E-state index is 2.25. The zero-order valence-electron chi connectivity index (χ0n) is 65.2. The van der Waals surface area contributed by atoms with E-state index in [1.807, 2.05) is 277 Å². The van der Waals surface area contributed by atoms with Crippen molar-refractivity contribution in [1.29, 1.82) is 0 Å². The average molecular weight is 1440 g/mol. The predicted molar refractivity (Wildman–Crippen MR) is 383 cm³/mol. The predicted octanol–water partition coefficient (Wildman–Crippen LogP) is 32.7. The third kappa shape index (κ3) is 1140. The van der Waals surface area contributed by atoms with Crippen molar-refractivity contribution in [2.75, 3.05) is 0 Å². The van der Waals surface area contributed by atoms with E-state index >= 15 is 0 Å². The van der Waals surface area contributed by atoms with Crippen molar-refractivity contribution in [3.8, 4) is 0 Å². The number of unbranched alkanes of at least 4 members (excludes halogenated alkanes) is 17. The Labute approximate surface area is 524 Å². The van der Waals surface area contributed by atoms with Gasteiger partial charge in [-0.2, -0.15) is 68.2 Å². The van der Waals surface area contributed by atoms with Crippen LogP contribution in [0.3, 0.4) is 0 Å². The fraction of sp³-hybridized carbons (Fsp3) is 0.889. The molecule has 0 fully saturated rings. The van der Waals surface area contributed by atoms with Crippen LogP contribution in [0.25, 0.3) is 0 Å². The van der Waals surface area contributed by atoms with Gasteiger partial charge in [0, 0.05) is 40.2 Å². The zero-order chi connectivity index (χ0) is 65.6. The van der Waals surface area contributed by atoms with E-state index in [1.54, 1.807) is 0 Å². The summed E-state index contributed by atoms with van der Waals surface area (Å²) in [5.41, 5.74) is 0. The number of rotatable bonds is 17. The molecular formula is C72H186Ir2-8. The van der Waals surface area contributed by atoms with Crippen LogP contribution in [0.1, 0.15) is 436 Å². The Kier molecular flexibility index (Phi) is 1770. The monoisotopic (exact) mass is 1440 g/mol. The maximum Gasteiger partial charge on any atom is 0 e. The van der Waals surface area contributed by atoms with E-state index in [0.717, 1.165) is 0 Å². The molecular weight excluding hydrogens is 1250 g/mol. The van der Waals surface area contributed by atoms with Gasteiger partial charge in [0.15, 0.2) is 0 Å². The van der Waals surface area contributed by atoms with E-state index < -0.39 is 0 Å². The van der Waals surface area contributed by atoms with E-state index in [2.05, 4.69) is 121 Å². The Morgan fingerprint density at radius 3 is 0.311 bits per heavy atom. The Balaban J connectivity index is -0.0000000127. The van der Waals surface area contributed by atoms with Crippen molar-refractivity contribution in [3.05, 3.63) is 51.4 Å². The molecule has 0 bridgehead atoms. The second kappa shape index (κ2) is 735. The fourth-order valence-corrected chi connectivity index (χ4v) is 2.20. The zero-order valence-corrected chi connectivity index (χ0v) is 70.0. The largest absolute Gasteiger partial charge is 0.334 e. The molecule has 0 aliphatic heterocycles. The number of hydrogen-bond donors (Lipinski definition) is 0. The summed E-state index contributed by atoms with van der Waals surface area (Å²) in [5, 5.41) is 0. The molecule has 0 saturated carbocycles. The van der Waals surface area contributed by atoms with Crippen LogP contribution >= 0.6 is 0 Å². The van der Waals surface area contributed by atoms with Gasteiger partial charge in [-0.25, -0.2) is 38.5 Å². The first kappa shape index (κ1) is 178. The van der Waals surface area contributed by atoms with Gasteiger partial charge in [0.25, 0.3) is 0 Å². The molecule has 500 valence electrons. The van der Waals surface area contributed by atoms with Crippen molar-refractivity contribution < 1.29 is 40.2 Å². The molecule has 0 saturated heterocycles. The van der Waals surface area contributed by atoms with E-state index in [4.69, 9.17) is 0 Å². The van der Waals surface area contributed by atoms with Crippen molar-refractivity contribution in [1.82, 2.24) is 0 Å². The van der Waals surface area contributed by atoms with Crippen LogP contribution in [0.2, 0.25) is 0 Å². The summed E-state index contributed by atoms with van der Waals surface area (Å²) in [4.78, 5) is 0. The summed E-state index contributed by atoms with van der Waals surface area (Å²) in [5.74, 6) is 0. The molecule has 2 radical (unpaired) electrons. The molecule has 0 atom stereocenters. The third-order valence-corrected chi connectivity index (χ3v) is 4.42. The van der Waals surface area contributed by atoms with E-state index in [9.17, 15) is 0 Å². The van der Waals surface area contributed by atoms with Gasteiger partial charge >= 0.3 is 0 Å². The summed E-state index contributed by atoms with van der Waals surface area (Å²) in [6, 6.07) is 0. The molecule has 0 rings (SSSR count). The fourth-order valence-electron chi connectivity index (χ4n) is 2.20. The molecule has 0 aliphatic carbocycles. The quantitative estimate of drug-likeness (QED) is 0.101. The minimum atomic E-state index is 0. The first-order chi connectivity index (χ1) is 35.6. The summed E-state index contributed by atoms with van der Waals surface area (Å²) in [6.07, 6.45) is 35.8. The maximum absolute atomic E-state index is 2.25. The van der Waals surface area contributed by atoms with Gasteiger partial charge in [-0.1, -0.05) is 323 Å². The van der Waals surface area contributed by atoms with Gasteiger partial charge in [-0.05, 0) is 0 Å². The molecule has 0 aromatic heterocycles. The summed E-state index contributed by atoms with van der Waals surface area (Å²) in [7, 11) is 0. The van der Waals surface area contributed by atoms with Gasteiger partial charge in [0.2, 0.25) is 0 Å². The van der Waals surface area contributed by atoms with Crippen LogP contribution in [0, 0.1) is 51.4 Å². The molecule has 74 heavy (non-hydrogen) atoms. The standard InChI is InChI=1S/C7H16.C7H14.3C6H12.20C2H6.2Ir/c2*1-3-5-7-6-4-2;3*1-3-5-6-4-2;20*1-2;;/h3-7H2,1-2H3;3-4H,5-7H2,1-2H3;3*3-4H,5-6H2,1-2H3;20*1-2H3;;/q;4*-2;;;;;;;;;;;;;;;;;;;;;;. The molecule has 0 unspecified atom stereocenters. The topological polar surface area (TPSA) is 0 Å². The van der Waals surface area contributed by atoms with Crippen molar-refractivity contribution in [3.63, 3.8) is 0 Å². The molecule has 0 amide bonds. The Hall–Kier alpha value is 1.30. The molecule has 0 aromatic rings. The third-order valence-electron chi connectivity index (χ3n) is 4.42. The van der Waals surface area contributed by atoms with E-state index in [1.165, 1.54) is 89.9 Å². The van der Waals surface area contributed by atoms with Gasteiger partial charge in [0.05, 0.1) is 0 Å². The summed E-state index contributed by atoms with van der Waals surface area (Å²) < 4.78 is 0. The molecule has 0 N–H and O–H groups in total. The van der Waals surface area contributed by atoms with Crippen LogP contribution in [0.5, 0.6) is 0 Å². The first-order valence-corrected chi connectivity index (χ1v) is 33.8. The molecule has 0 heterocycles. The minimum Gasteiger partial charge on any atom is -0.334 e. The molecule has 0 nitrogen and oxygen atoms in total. The first-order valence-electron chi connectivity index (χ1n) is 33.8. The molecule has 2 heteroatoms. The summed E-state index contributed by atoms with van der Waals surface area (Å²) in [6.45, 7) is 101. The van der Waals surface area contributed by atoms with Crippen molar-refractivity contribution >= 4 is 0 Å². The Bertz CT molecular complexity index is 160.